The van der Waals surface area contributed by atoms with Crippen molar-refractivity contribution < 1.29 is 19.1 Å². The number of aliphatic hydroxyl groups excluding tert-OH is 1. The molecule has 0 radical (unpaired) electrons. The van der Waals surface area contributed by atoms with Gasteiger partial charge in [-0.05, 0) is 32.4 Å². The minimum atomic E-state index is -0.279. The summed E-state index contributed by atoms with van der Waals surface area (Å²) in [7, 11) is 0. The Balaban J connectivity index is 2.26. The quantitative estimate of drug-likeness (QED) is 0.697. The van der Waals surface area contributed by atoms with Gasteiger partial charge in [0.05, 0.1) is 12.9 Å². The molecule has 112 valence electrons. The molecule has 1 heterocycles. The number of aliphatic hydroxyl groups is 1. The summed E-state index contributed by atoms with van der Waals surface area (Å²) in [5, 5.41) is 11.6. The largest absolute Gasteiger partial charge is 0.459 e. The first kappa shape index (κ1) is 16.2. The molecule has 6 heteroatoms. The lowest BCUT2D eigenvalue weighted by atomic mass is 10.2. The van der Waals surface area contributed by atoms with Crippen molar-refractivity contribution in [3.8, 4) is 0 Å². The predicted octanol–water partition coefficient (Wildman–Crippen LogP) is 1.02. The van der Waals surface area contributed by atoms with E-state index in [1.165, 1.54) is 6.26 Å². The van der Waals surface area contributed by atoms with Crippen LogP contribution in [0.1, 0.15) is 37.2 Å². The predicted molar refractivity (Wildman–Crippen MR) is 74.2 cm³/mol. The average Bonchev–Trinajstić information content (AvgIpc) is 2.94. The van der Waals surface area contributed by atoms with Gasteiger partial charge in [0.1, 0.15) is 0 Å². The van der Waals surface area contributed by atoms with Crippen LogP contribution in [-0.4, -0.2) is 47.6 Å². The van der Waals surface area contributed by atoms with Crippen LogP contribution in [0, 0.1) is 0 Å². The van der Waals surface area contributed by atoms with E-state index in [1.807, 2.05) is 13.8 Å². The summed E-state index contributed by atoms with van der Waals surface area (Å²) < 4.78 is 4.96. The zero-order valence-electron chi connectivity index (χ0n) is 12.0. The summed E-state index contributed by atoms with van der Waals surface area (Å²) in [5.41, 5.74) is 0. The third-order valence-electron chi connectivity index (χ3n) is 2.88. The van der Waals surface area contributed by atoms with E-state index in [4.69, 9.17) is 9.52 Å². The zero-order valence-corrected chi connectivity index (χ0v) is 12.0. The Kier molecular flexibility index (Phi) is 6.79. The minimum absolute atomic E-state index is 0.0127. The van der Waals surface area contributed by atoms with Crippen molar-refractivity contribution in [3.05, 3.63) is 24.2 Å². The van der Waals surface area contributed by atoms with Gasteiger partial charge in [-0.2, -0.15) is 0 Å². The lowest BCUT2D eigenvalue weighted by molar-refractivity contribution is -0.133. The van der Waals surface area contributed by atoms with Gasteiger partial charge in [-0.1, -0.05) is 0 Å². The summed E-state index contributed by atoms with van der Waals surface area (Å²) >= 11 is 0. The minimum Gasteiger partial charge on any atom is -0.459 e. The van der Waals surface area contributed by atoms with Crippen molar-refractivity contribution in [1.82, 2.24) is 10.2 Å². The Labute approximate surface area is 118 Å². The highest BCUT2D eigenvalue weighted by Crippen LogP contribution is 2.04. The number of carbonyl (C=O) groups is 2. The van der Waals surface area contributed by atoms with Crippen molar-refractivity contribution in [2.24, 2.45) is 0 Å². The van der Waals surface area contributed by atoms with Gasteiger partial charge in [-0.25, -0.2) is 0 Å². The highest BCUT2D eigenvalue weighted by molar-refractivity contribution is 5.91. The van der Waals surface area contributed by atoms with E-state index in [1.54, 1.807) is 17.0 Å². The van der Waals surface area contributed by atoms with Gasteiger partial charge in [0.25, 0.3) is 5.91 Å². The Hall–Kier alpha value is -1.82. The smallest absolute Gasteiger partial charge is 0.286 e. The maximum Gasteiger partial charge on any atom is 0.286 e. The van der Waals surface area contributed by atoms with Crippen LogP contribution in [0.4, 0.5) is 0 Å². The fraction of sp³-hybridized carbons (Fsp3) is 0.571. The molecule has 2 amide bonds. The molecule has 1 rings (SSSR count). The van der Waals surface area contributed by atoms with Crippen molar-refractivity contribution in [2.45, 2.75) is 32.7 Å². The lowest BCUT2D eigenvalue weighted by Gasteiger charge is -2.26. The first-order valence-electron chi connectivity index (χ1n) is 6.78. The molecule has 0 aliphatic carbocycles. The molecule has 6 nitrogen and oxygen atoms in total. The van der Waals surface area contributed by atoms with E-state index < -0.39 is 0 Å². The second-order valence-electron chi connectivity index (χ2n) is 4.74. The molecular formula is C14H22N2O4. The van der Waals surface area contributed by atoms with E-state index in [-0.39, 0.29) is 30.2 Å². The van der Waals surface area contributed by atoms with Gasteiger partial charge in [-0.3, -0.25) is 9.59 Å². The van der Waals surface area contributed by atoms with Gasteiger partial charge in [0, 0.05) is 25.6 Å². The molecule has 0 fully saturated rings. The van der Waals surface area contributed by atoms with E-state index >= 15 is 0 Å². The Morgan fingerprint density at radius 3 is 2.75 bits per heavy atom. The summed E-state index contributed by atoms with van der Waals surface area (Å²) in [4.78, 5) is 25.1. The molecule has 1 aromatic heterocycles. The van der Waals surface area contributed by atoms with Crippen LogP contribution in [0.15, 0.2) is 22.8 Å². The average molecular weight is 282 g/mol. The molecule has 0 unspecified atom stereocenters. The molecule has 20 heavy (non-hydrogen) atoms. The van der Waals surface area contributed by atoms with Gasteiger partial charge in [0.15, 0.2) is 5.76 Å². The van der Waals surface area contributed by atoms with E-state index in [9.17, 15) is 9.59 Å². The first-order chi connectivity index (χ1) is 9.56. The molecule has 0 atom stereocenters. The van der Waals surface area contributed by atoms with Crippen molar-refractivity contribution in [2.75, 3.05) is 19.7 Å². The van der Waals surface area contributed by atoms with Crippen molar-refractivity contribution >= 4 is 11.8 Å². The molecule has 0 aliphatic heterocycles. The maximum absolute atomic E-state index is 11.9. The van der Waals surface area contributed by atoms with Crippen LogP contribution < -0.4 is 5.32 Å². The van der Waals surface area contributed by atoms with E-state index in [0.717, 1.165) is 0 Å². The molecule has 0 bridgehead atoms. The zero-order chi connectivity index (χ0) is 15.0. The third-order valence-corrected chi connectivity index (χ3v) is 2.88. The highest BCUT2D eigenvalue weighted by Gasteiger charge is 2.15. The molecule has 0 saturated carbocycles. The number of hydrogen-bond donors (Lipinski definition) is 2. The number of amides is 2. The second-order valence-corrected chi connectivity index (χ2v) is 4.74. The Morgan fingerprint density at radius 1 is 1.45 bits per heavy atom. The molecular weight excluding hydrogens is 260 g/mol. The fourth-order valence-electron chi connectivity index (χ4n) is 1.86. The Morgan fingerprint density at radius 2 is 2.20 bits per heavy atom. The third kappa shape index (κ3) is 5.05. The number of hydrogen-bond acceptors (Lipinski definition) is 4. The summed E-state index contributed by atoms with van der Waals surface area (Å²) in [6.45, 7) is 4.53. The highest BCUT2D eigenvalue weighted by atomic mass is 16.3. The topological polar surface area (TPSA) is 82.8 Å². The summed E-state index contributed by atoms with van der Waals surface area (Å²) in [6, 6.07) is 3.29. The second kappa shape index (κ2) is 8.37. The molecule has 0 saturated heterocycles. The Bertz CT molecular complexity index is 415. The van der Waals surface area contributed by atoms with E-state index in [2.05, 4.69) is 5.32 Å². The van der Waals surface area contributed by atoms with Crippen LogP contribution in [0.2, 0.25) is 0 Å². The van der Waals surface area contributed by atoms with Crippen molar-refractivity contribution in [1.29, 1.82) is 0 Å². The van der Waals surface area contributed by atoms with Crippen LogP contribution in [0.3, 0.4) is 0 Å². The summed E-state index contributed by atoms with van der Waals surface area (Å²) in [6.07, 6.45) is 2.34. The van der Waals surface area contributed by atoms with Crippen LogP contribution in [0.25, 0.3) is 0 Å². The lowest BCUT2D eigenvalue weighted by Crippen LogP contribution is -2.39. The standard InChI is InChI=1S/C14H22N2O4/c1-11(2)16(8-9-17)13(18)6-3-7-15-14(19)12-5-4-10-20-12/h4-5,10-11,17H,3,6-9H2,1-2H3,(H,15,19). The molecule has 1 aromatic rings. The monoisotopic (exact) mass is 282 g/mol. The van der Waals surface area contributed by atoms with Gasteiger partial charge in [0.2, 0.25) is 5.91 Å². The molecule has 0 aromatic carbocycles. The van der Waals surface area contributed by atoms with E-state index in [0.29, 0.717) is 25.9 Å². The van der Waals surface area contributed by atoms with Gasteiger partial charge in [-0.15, -0.1) is 0 Å². The molecule has 0 spiro atoms. The number of furan rings is 1. The van der Waals surface area contributed by atoms with Crippen LogP contribution >= 0.6 is 0 Å². The van der Waals surface area contributed by atoms with Crippen molar-refractivity contribution in [3.63, 3.8) is 0 Å². The van der Waals surface area contributed by atoms with Crippen LogP contribution in [0.5, 0.6) is 0 Å². The first-order valence-corrected chi connectivity index (χ1v) is 6.78. The molecule has 0 aliphatic rings. The normalized spacial score (nSPS) is 10.6. The number of nitrogens with zero attached hydrogens (tertiary/aromatic N) is 1. The summed E-state index contributed by atoms with van der Waals surface area (Å²) in [5.74, 6) is -0.0276. The maximum atomic E-state index is 11.9. The van der Waals surface area contributed by atoms with Crippen LogP contribution in [-0.2, 0) is 4.79 Å². The number of rotatable bonds is 8. The van der Waals surface area contributed by atoms with Gasteiger partial charge >= 0.3 is 0 Å². The number of carbonyl (C=O) groups excluding carboxylic acids is 2. The van der Waals surface area contributed by atoms with Gasteiger partial charge < -0.3 is 19.7 Å². The fourth-order valence-corrected chi connectivity index (χ4v) is 1.86. The number of nitrogens with one attached hydrogen (secondary N) is 1. The SMILES string of the molecule is CC(C)N(CCO)C(=O)CCCNC(=O)c1ccco1. The molecule has 2 N–H and O–H groups in total.